The van der Waals surface area contributed by atoms with Gasteiger partial charge < -0.3 is 15.8 Å². The largest absolute Gasteiger partial charge is 0.385 e. The molecule has 100 valence electrons. The van der Waals surface area contributed by atoms with Gasteiger partial charge in [-0.15, -0.1) is 0 Å². The van der Waals surface area contributed by atoms with Gasteiger partial charge in [0.25, 0.3) is 0 Å². The molecule has 1 rings (SSSR count). The monoisotopic (exact) mass is 254 g/mol. The van der Waals surface area contributed by atoms with Crippen LogP contribution < -0.4 is 11.1 Å². The molecule has 1 atom stereocenters. The Morgan fingerprint density at radius 3 is 2.72 bits per heavy atom. The fourth-order valence-electron chi connectivity index (χ4n) is 1.50. The van der Waals surface area contributed by atoms with Crippen molar-refractivity contribution in [3.63, 3.8) is 0 Å². The molecule has 0 aliphatic carbocycles. The average Bonchev–Trinajstić information content (AvgIpc) is 2.38. The highest BCUT2D eigenvalue weighted by Gasteiger charge is 2.12. The molecule has 0 heterocycles. The summed E-state index contributed by atoms with van der Waals surface area (Å²) in [5.74, 6) is -0.489. The maximum Gasteiger partial charge on any atom is 0.237 e. The van der Waals surface area contributed by atoms with Crippen molar-refractivity contribution in [1.82, 2.24) is 5.32 Å². The molecule has 1 aromatic carbocycles. The number of halogens is 1. The minimum absolute atomic E-state index is 0.199. The molecule has 0 aromatic heterocycles. The molecule has 0 spiro atoms. The lowest BCUT2D eigenvalue weighted by atomic mass is 10.1. The summed E-state index contributed by atoms with van der Waals surface area (Å²) in [6.45, 7) is 0.954. The van der Waals surface area contributed by atoms with Gasteiger partial charge in [0, 0.05) is 20.3 Å². The van der Waals surface area contributed by atoms with E-state index in [1.807, 2.05) is 0 Å². The average molecular weight is 254 g/mol. The van der Waals surface area contributed by atoms with Gasteiger partial charge >= 0.3 is 0 Å². The van der Waals surface area contributed by atoms with Crippen LogP contribution in [0.4, 0.5) is 4.39 Å². The maximum absolute atomic E-state index is 12.7. The number of amides is 1. The highest BCUT2D eigenvalue weighted by molar-refractivity contribution is 5.81. The Morgan fingerprint density at radius 1 is 1.44 bits per heavy atom. The SMILES string of the molecule is COCCCC(N)C(=O)NCc1ccc(F)cc1. The summed E-state index contributed by atoms with van der Waals surface area (Å²) >= 11 is 0. The van der Waals surface area contributed by atoms with Gasteiger partial charge in [-0.05, 0) is 30.5 Å². The number of carbonyl (C=O) groups is 1. The quantitative estimate of drug-likeness (QED) is 0.718. The predicted octanol–water partition coefficient (Wildman–Crippen LogP) is 1.20. The Balaban J connectivity index is 2.29. The van der Waals surface area contributed by atoms with Gasteiger partial charge in [0.15, 0.2) is 0 Å². The number of benzene rings is 1. The van der Waals surface area contributed by atoms with E-state index >= 15 is 0 Å². The molecule has 0 radical (unpaired) electrons. The molecule has 5 heteroatoms. The Labute approximate surface area is 106 Å². The molecule has 0 aliphatic rings. The third-order valence-electron chi connectivity index (χ3n) is 2.58. The van der Waals surface area contributed by atoms with E-state index in [9.17, 15) is 9.18 Å². The summed E-state index contributed by atoms with van der Waals surface area (Å²) < 4.78 is 17.6. The zero-order chi connectivity index (χ0) is 13.4. The first-order chi connectivity index (χ1) is 8.63. The molecule has 4 nitrogen and oxygen atoms in total. The number of carbonyl (C=O) groups excluding carboxylic acids is 1. The van der Waals surface area contributed by atoms with Gasteiger partial charge in [-0.1, -0.05) is 12.1 Å². The Hall–Kier alpha value is -1.46. The Morgan fingerprint density at radius 2 is 2.11 bits per heavy atom. The van der Waals surface area contributed by atoms with Crippen LogP contribution in [0.15, 0.2) is 24.3 Å². The molecule has 1 amide bonds. The van der Waals surface area contributed by atoms with E-state index < -0.39 is 6.04 Å². The first-order valence-corrected chi connectivity index (χ1v) is 5.90. The van der Waals surface area contributed by atoms with Gasteiger partial charge in [0.1, 0.15) is 5.82 Å². The van der Waals surface area contributed by atoms with Gasteiger partial charge in [0.2, 0.25) is 5.91 Å². The maximum atomic E-state index is 12.7. The molecule has 1 unspecified atom stereocenters. The van der Waals surface area contributed by atoms with Crippen molar-refractivity contribution in [3.05, 3.63) is 35.6 Å². The van der Waals surface area contributed by atoms with Crippen molar-refractivity contribution in [3.8, 4) is 0 Å². The normalized spacial score (nSPS) is 12.2. The van der Waals surface area contributed by atoms with Crippen LogP contribution in [0.1, 0.15) is 18.4 Å². The summed E-state index contributed by atoms with van der Waals surface area (Å²) in [4.78, 5) is 11.6. The lowest BCUT2D eigenvalue weighted by molar-refractivity contribution is -0.122. The molecule has 0 aliphatic heterocycles. The molecule has 3 N–H and O–H groups in total. The number of hydrogen-bond acceptors (Lipinski definition) is 3. The number of nitrogens with one attached hydrogen (secondary N) is 1. The summed E-state index contributed by atoms with van der Waals surface area (Å²) in [6.07, 6.45) is 1.34. The van der Waals surface area contributed by atoms with Crippen molar-refractivity contribution in [2.75, 3.05) is 13.7 Å². The summed E-state index contributed by atoms with van der Waals surface area (Å²) in [5.41, 5.74) is 6.56. The molecule has 18 heavy (non-hydrogen) atoms. The standard InChI is InChI=1S/C13H19FN2O2/c1-18-8-2-3-12(15)13(17)16-9-10-4-6-11(14)7-5-10/h4-7,12H,2-3,8-9,15H2,1H3,(H,16,17). The number of rotatable bonds is 7. The fraction of sp³-hybridized carbons (Fsp3) is 0.462. The second kappa shape index (κ2) is 7.79. The number of methoxy groups -OCH3 is 1. The summed E-state index contributed by atoms with van der Waals surface area (Å²) in [5, 5.41) is 2.72. The summed E-state index contributed by atoms with van der Waals surface area (Å²) in [6, 6.07) is 5.46. The van der Waals surface area contributed by atoms with Gasteiger partial charge in [-0.2, -0.15) is 0 Å². The van der Waals surface area contributed by atoms with Crippen LogP contribution in [-0.4, -0.2) is 25.7 Å². The minimum atomic E-state index is -0.527. The molecule has 0 saturated heterocycles. The molecule has 0 bridgehead atoms. The van der Waals surface area contributed by atoms with E-state index in [1.54, 1.807) is 19.2 Å². The van der Waals surface area contributed by atoms with Crippen LogP contribution in [0, 0.1) is 5.82 Å². The van der Waals surface area contributed by atoms with E-state index in [4.69, 9.17) is 10.5 Å². The number of ether oxygens (including phenoxy) is 1. The van der Waals surface area contributed by atoms with Crippen LogP contribution in [-0.2, 0) is 16.1 Å². The van der Waals surface area contributed by atoms with Crippen molar-refractivity contribution in [2.24, 2.45) is 5.73 Å². The van der Waals surface area contributed by atoms with Crippen molar-refractivity contribution < 1.29 is 13.9 Å². The smallest absolute Gasteiger partial charge is 0.237 e. The predicted molar refractivity (Wildman–Crippen MR) is 67.3 cm³/mol. The first-order valence-electron chi connectivity index (χ1n) is 5.90. The van der Waals surface area contributed by atoms with Crippen LogP contribution in [0.25, 0.3) is 0 Å². The van der Waals surface area contributed by atoms with Crippen molar-refractivity contribution in [1.29, 1.82) is 0 Å². The Bertz CT molecular complexity index is 368. The molecule has 1 aromatic rings. The van der Waals surface area contributed by atoms with Gasteiger partial charge in [-0.25, -0.2) is 4.39 Å². The lowest BCUT2D eigenvalue weighted by Gasteiger charge is -2.12. The highest BCUT2D eigenvalue weighted by Crippen LogP contribution is 2.02. The third kappa shape index (κ3) is 5.25. The van der Waals surface area contributed by atoms with Crippen LogP contribution in [0.2, 0.25) is 0 Å². The topological polar surface area (TPSA) is 64.3 Å². The zero-order valence-corrected chi connectivity index (χ0v) is 10.5. The molecular weight excluding hydrogens is 235 g/mol. The van der Waals surface area contributed by atoms with Crippen LogP contribution in [0.3, 0.4) is 0 Å². The fourth-order valence-corrected chi connectivity index (χ4v) is 1.50. The van der Waals surface area contributed by atoms with E-state index in [2.05, 4.69) is 5.32 Å². The van der Waals surface area contributed by atoms with E-state index in [0.717, 1.165) is 12.0 Å². The number of nitrogens with two attached hydrogens (primary N) is 1. The van der Waals surface area contributed by atoms with Crippen LogP contribution >= 0.6 is 0 Å². The zero-order valence-electron chi connectivity index (χ0n) is 10.5. The van der Waals surface area contributed by atoms with Gasteiger partial charge in [-0.3, -0.25) is 4.79 Å². The van der Waals surface area contributed by atoms with E-state index in [0.29, 0.717) is 19.6 Å². The minimum Gasteiger partial charge on any atom is -0.385 e. The Kier molecular flexibility index (Phi) is 6.32. The highest BCUT2D eigenvalue weighted by atomic mass is 19.1. The lowest BCUT2D eigenvalue weighted by Crippen LogP contribution is -2.40. The molecule has 0 fully saturated rings. The van der Waals surface area contributed by atoms with Crippen molar-refractivity contribution >= 4 is 5.91 Å². The van der Waals surface area contributed by atoms with Gasteiger partial charge in [0.05, 0.1) is 6.04 Å². The van der Waals surface area contributed by atoms with E-state index in [-0.39, 0.29) is 11.7 Å². The second-order valence-corrected chi connectivity index (χ2v) is 4.09. The van der Waals surface area contributed by atoms with E-state index in [1.165, 1.54) is 12.1 Å². The van der Waals surface area contributed by atoms with Crippen LogP contribution in [0.5, 0.6) is 0 Å². The number of hydrogen-bond donors (Lipinski definition) is 2. The second-order valence-electron chi connectivity index (χ2n) is 4.09. The first kappa shape index (κ1) is 14.6. The molecular formula is C13H19FN2O2. The third-order valence-corrected chi connectivity index (χ3v) is 2.58. The summed E-state index contributed by atoms with van der Waals surface area (Å²) in [7, 11) is 1.61. The van der Waals surface area contributed by atoms with Crippen molar-refractivity contribution in [2.45, 2.75) is 25.4 Å². The molecule has 0 saturated carbocycles.